The van der Waals surface area contributed by atoms with Gasteiger partial charge in [-0.05, 0) is 30.7 Å². The first-order chi connectivity index (χ1) is 9.36. The second-order valence-corrected chi connectivity index (χ2v) is 4.53. The summed E-state index contributed by atoms with van der Waals surface area (Å²) in [6, 6.07) is 10.5. The normalized spacial score (nSPS) is 11.4. The molecule has 0 radical (unpaired) electrons. The van der Waals surface area contributed by atoms with Crippen molar-refractivity contribution >= 4 is 5.69 Å². The molecule has 0 atom stereocenters. The van der Waals surface area contributed by atoms with Gasteiger partial charge in [-0.1, -0.05) is 29.8 Å². The Hall–Kier alpha value is -2.04. The van der Waals surface area contributed by atoms with Crippen LogP contribution in [-0.4, -0.2) is 0 Å². The monoisotopic (exact) mass is 283 g/mol. The van der Waals surface area contributed by atoms with Crippen LogP contribution in [0.25, 0.3) is 0 Å². The number of aryl methyl sites for hydroxylation is 1. The largest absolute Gasteiger partial charge is 0.419 e. The van der Waals surface area contributed by atoms with Gasteiger partial charge in [0.2, 0.25) is 0 Å². The number of anilines is 1. The lowest BCUT2D eigenvalue weighted by molar-refractivity contribution is -0.139. The fourth-order valence-electron chi connectivity index (χ4n) is 1.76. The van der Waals surface area contributed by atoms with Gasteiger partial charge in [-0.2, -0.15) is 13.2 Å². The summed E-state index contributed by atoms with van der Waals surface area (Å²) < 4.78 is 50.8. The minimum absolute atomic E-state index is 0.235. The molecule has 0 amide bonds. The third-order valence-electron chi connectivity index (χ3n) is 2.89. The van der Waals surface area contributed by atoms with Gasteiger partial charge < -0.3 is 5.32 Å². The number of benzene rings is 2. The Kier molecular flexibility index (Phi) is 3.97. The standard InChI is InChI=1S/C15H13F4N/c1-10-2-4-11(5-3-10)9-20-12-6-7-14(16)13(8-12)15(17,18)19/h2-8,20H,9H2,1H3. The molecule has 0 heterocycles. The summed E-state index contributed by atoms with van der Waals surface area (Å²) in [6.07, 6.45) is -4.69. The minimum atomic E-state index is -4.69. The van der Waals surface area contributed by atoms with Gasteiger partial charge >= 0.3 is 6.18 Å². The first-order valence-corrected chi connectivity index (χ1v) is 6.02. The Morgan fingerprint density at radius 3 is 2.25 bits per heavy atom. The van der Waals surface area contributed by atoms with Crippen LogP contribution in [0.5, 0.6) is 0 Å². The summed E-state index contributed by atoms with van der Waals surface area (Å²) in [6.45, 7) is 2.33. The Bertz CT molecular complexity index is 588. The van der Waals surface area contributed by atoms with Crippen LogP contribution in [0.1, 0.15) is 16.7 Å². The van der Waals surface area contributed by atoms with E-state index in [4.69, 9.17) is 0 Å². The molecule has 2 aromatic rings. The highest BCUT2D eigenvalue weighted by Gasteiger charge is 2.34. The lowest BCUT2D eigenvalue weighted by atomic mass is 10.1. The van der Waals surface area contributed by atoms with Crippen molar-refractivity contribution in [2.75, 3.05) is 5.32 Å². The number of hydrogen-bond donors (Lipinski definition) is 1. The number of halogens is 4. The number of nitrogens with one attached hydrogen (secondary N) is 1. The smallest absolute Gasteiger partial charge is 0.381 e. The SMILES string of the molecule is Cc1ccc(CNc2ccc(F)c(C(F)(F)F)c2)cc1. The fraction of sp³-hybridized carbons (Fsp3) is 0.200. The molecule has 2 rings (SSSR count). The van der Waals surface area contributed by atoms with Gasteiger partial charge in [-0.25, -0.2) is 4.39 Å². The first-order valence-electron chi connectivity index (χ1n) is 6.02. The van der Waals surface area contributed by atoms with Gasteiger partial charge in [0, 0.05) is 12.2 Å². The van der Waals surface area contributed by atoms with E-state index in [1.807, 2.05) is 31.2 Å². The maximum atomic E-state index is 13.1. The van der Waals surface area contributed by atoms with E-state index in [1.165, 1.54) is 6.07 Å². The quantitative estimate of drug-likeness (QED) is 0.800. The molecule has 0 aromatic heterocycles. The van der Waals surface area contributed by atoms with Gasteiger partial charge in [0.1, 0.15) is 5.82 Å². The summed E-state index contributed by atoms with van der Waals surface area (Å²) in [4.78, 5) is 0. The van der Waals surface area contributed by atoms with Crippen molar-refractivity contribution in [3.8, 4) is 0 Å². The molecule has 0 aliphatic carbocycles. The molecule has 0 aliphatic rings. The molecule has 0 spiro atoms. The van der Waals surface area contributed by atoms with E-state index in [0.717, 1.165) is 23.3 Å². The minimum Gasteiger partial charge on any atom is -0.381 e. The summed E-state index contributed by atoms with van der Waals surface area (Å²) in [5.74, 6) is -1.27. The van der Waals surface area contributed by atoms with Crippen molar-refractivity contribution in [2.45, 2.75) is 19.6 Å². The van der Waals surface area contributed by atoms with Gasteiger partial charge in [-0.3, -0.25) is 0 Å². The second-order valence-electron chi connectivity index (χ2n) is 4.53. The fourth-order valence-corrected chi connectivity index (χ4v) is 1.76. The maximum Gasteiger partial charge on any atom is 0.419 e. The van der Waals surface area contributed by atoms with E-state index in [2.05, 4.69) is 5.32 Å². The second kappa shape index (κ2) is 5.53. The zero-order valence-electron chi connectivity index (χ0n) is 10.8. The number of alkyl halides is 3. The van der Waals surface area contributed by atoms with Crippen LogP contribution < -0.4 is 5.32 Å². The Morgan fingerprint density at radius 2 is 1.65 bits per heavy atom. The first kappa shape index (κ1) is 14.4. The Labute approximate surface area is 114 Å². The molecule has 0 unspecified atom stereocenters. The highest BCUT2D eigenvalue weighted by molar-refractivity contribution is 5.47. The van der Waals surface area contributed by atoms with Crippen LogP contribution in [0.2, 0.25) is 0 Å². The van der Waals surface area contributed by atoms with Gasteiger partial charge in [0.15, 0.2) is 0 Å². The molecule has 0 saturated carbocycles. The summed E-state index contributed by atoms with van der Waals surface area (Å²) >= 11 is 0. The molecular formula is C15H13F4N. The third kappa shape index (κ3) is 3.50. The van der Waals surface area contributed by atoms with Crippen LogP contribution >= 0.6 is 0 Å². The molecule has 1 N–H and O–H groups in total. The highest BCUT2D eigenvalue weighted by atomic mass is 19.4. The van der Waals surface area contributed by atoms with Crippen molar-refractivity contribution < 1.29 is 17.6 Å². The van der Waals surface area contributed by atoms with Crippen molar-refractivity contribution in [3.05, 3.63) is 65.0 Å². The van der Waals surface area contributed by atoms with E-state index in [-0.39, 0.29) is 5.69 Å². The van der Waals surface area contributed by atoms with Crippen LogP contribution in [0.4, 0.5) is 23.2 Å². The summed E-state index contributed by atoms with van der Waals surface area (Å²) in [5, 5.41) is 2.85. The lowest BCUT2D eigenvalue weighted by Gasteiger charge is -2.12. The molecule has 0 fully saturated rings. The molecule has 20 heavy (non-hydrogen) atoms. The molecule has 106 valence electrons. The van der Waals surface area contributed by atoms with Crippen LogP contribution in [0.3, 0.4) is 0 Å². The maximum absolute atomic E-state index is 13.1. The average molecular weight is 283 g/mol. The number of rotatable bonds is 3. The summed E-state index contributed by atoms with van der Waals surface area (Å²) in [5.41, 5.74) is 1.02. The third-order valence-corrected chi connectivity index (χ3v) is 2.89. The van der Waals surface area contributed by atoms with Crippen LogP contribution in [0, 0.1) is 12.7 Å². The number of hydrogen-bond acceptors (Lipinski definition) is 1. The van der Waals surface area contributed by atoms with E-state index >= 15 is 0 Å². The van der Waals surface area contributed by atoms with Crippen molar-refractivity contribution in [1.82, 2.24) is 0 Å². The predicted molar refractivity (Wildman–Crippen MR) is 69.9 cm³/mol. The Balaban J connectivity index is 2.12. The molecule has 5 heteroatoms. The lowest BCUT2D eigenvalue weighted by Crippen LogP contribution is -2.09. The van der Waals surface area contributed by atoms with Crippen molar-refractivity contribution in [3.63, 3.8) is 0 Å². The van der Waals surface area contributed by atoms with E-state index in [1.54, 1.807) is 0 Å². The predicted octanol–water partition coefficient (Wildman–Crippen LogP) is 4.77. The van der Waals surface area contributed by atoms with E-state index in [0.29, 0.717) is 6.54 Å². The van der Waals surface area contributed by atoms with Crippen LogP contribution in [-0.2, 0) is 12.7 Å². The summed E-state index contributed by atoms with van der Waals surface area (Å²) in [7, 11) is 0. The van der Waals surface area contributed by atoms with Crippen molar-refractivity contribution in [2.24, 2.45) is 0 Å². The van der Waals surface area contributed by atoms with Crippen LogP contribution in [0.15, 0.2) is 42.5 Å². The molecule has 0 aliphatic heterocycles. The zero-order chi connectivity index (χ0) is 14.8. The molecule has 1 nitrogen and oxygen atoms in total. The van der Waals surface area contributed by atoms with Gasteiger partial charge in [0.25, 0.3) is 0 Å². The van der Waals surface area contributed by atoms with Gasteiger partial charge in [-0.15, -0.1) is 0 Å². The van der Waals surface area contributed by atoms with Crippen molar-refractivity contribution in [1.29, 1.82) is 0 Å². The molecule has 0 bridgehead atoms. The molecule has 2 aromatic carbocycles. The van der Waals surface area contributed by atoms with Gasteiger partial charge in [0.05, 0.1) is 5.56 Å². The zero-order valence-corrected chi connectivity index (χ0v) is 10.8. The van der Waals surface area contributed by atoms with E-state index in [9.17, 15) is 17.6 Å². The molecule has 0 saturated heterocycles. The van der Waals surface area contributed by atoms with E-state index < -0.39 is 17.6 Å². The average Bonchev–Trinajstić information content (AvgIpc) is 2.38. The topological polar surface area (TPSA) is 12.0 Å². The molecular weight excluding hydrogens is 270 g/mol. The highest BCUT2D eigenvalue weighted by Crippen LogP contribution is 2.33. The Morgan fingerprint density at radius 1 is 1.00 bits per heavy atom.